The quantitative estimate of drug-likeness (QED) is 0.440. The molecule has 6 nitrogen and oxygen atoms in total. The molecule has 168 valence electrons. The Labute approximate surface area is 186 Å². The van der Waals surface area contributed by atoms with E-state index in [1.54, 1.807) is 30.3 Å². The first kappa shape index (κ1) is 22.1. The number of thiophene rings is 1. The van der Waals surface area contributed by atoms with Crippen molar-refractivity contribution in [2.45, 2.75) is 33.5 Å². The topological polar surface area (TPSA) is 64.7 Å². The van der Waals surface area contributed by atoms with E-state index in [0.717, 1.165) is 22.7 Å². The Morgan fingerprint density at radius 2 is 1.88 bits per heavy atom. The van der Waals surface area contributed by atoms with Crippen LogP contribution < -0.4 is 5.32 Å². The van der Waals surface area contributed by atoms with Gasteiger partial charge in [0, 0.05) is 24.2 Å². The van der Waals surface area contributed by atoms with Gasteiger partial charge in [0.05, 0.1) is 16.3 Å². The molecule has 0 aliphatic carbocycles. The lowest BCUT2D eigenvalue weighted by molar-refractivity contribution is -0.140. The molecule has 3 aromatic heterocycles. The van der Waals surface area contributed by atoms with Crippen LogP contribution >= 0.6 is 11.3 Å². The maximum absolute atomic E-state index is 13.6. The zero-order valence-corrected chi connectivity index (χ0v) is 18.6. The Kier molecular flexibility index (Phi) is 5.81. The number of rotatable bonds is 6. The first-order chi connectivity index (χ1) is 15.1. The lowest BCUT2D eigenvalue weighted by Gasteiger charge is -2.13. The molecule has 32 heavy (non-hydrogen) atoms. The summed E-state index contributed by atoms with van der Waals surface area (Å²) in [5, 5.41) is 11.0. The van der Waals surface area contributed by atoms with Crippen LogP contribution in [-0.4, -0.2) is 32.0 Å². The number of para-hydroxylation sites is 1. The van der Waals surface area contributed by atoms with E-state index in [0.29, 0.717) is 18.8 Å². The number of amides is 1. The number of hydrogen-bond donors (Lipinski definition) is 1. The summed E-state index contributed by atoms with van der Waals surface area (Å²) in [6.45, 7) is 6.88. The van der Waals surface area contributed by atoms with E-state index in [9.17, 15) is 18.0 Å². The molecule has 1 amide bonds. The molecule has 1 N–H and O–H groups in total. The van der Waals surface area contributed by atoms with Gasteiger partial charge in [-0.1, -0.05) is 25.1 Å². The number of carbonyl (C=O) groups excluding carboxylic acids is 1. The number of hydrogen-bond acceptors (Lipinski definition) is 4. The maximum Gasteiger partial charge on any atom is 0.435 e. The second kappa shape index (κ2) is 8.42. The predicted octanol–water partition coefficient (Wildman–Crippen LogP) is 4.99. The van der Waals surface area contributed by atoms with E-state index >= 15 is 0 Å². The van der Waals surface area contributed by atoms with Crippen LogP contribution in [0.4, 0.5) is 13.2 Å². The van der Waals surface area contributed by atoms with Gasteiger partial charge in [0.25, 0.3) is 5.91 Å². The van der Waals surface area contributed by atoms with Crippen LogP contribution in [0, 0.1) is 19.8 Å². The van der Waals surface area contributed by atoms with Gasteiger partial charge < -0.3 is 5.32 Å². The summed E-state index contributed by atoms with van der Waals surface area (Å²) in [5.41, 5.74) is 1.47. The van der Waals surface area contributed by atoms with Gasteiger partial charge in [-0.2, -0.15) is 23.4 Å². The smallest absolute Gasteiger partial charge is 0.351 e. The van der Waals surface area contributed by atoms with Crippen molar-refractivity contribution in [2.24, 2.45) is 5.92 Å². The monoisotopic (exact) mass is 461 g/mol. The molecule has 0 spiro atoms. The number of carbonyl (C=O) groups is 1. The molecule has 3 heterocycles. The van der Waals surface area contributed by atoms with Gasteiger partial charge in [-0.3, -0.25) is 9.48 Å². The number of aromatic nitrogens is 4. The van der Waals surface area contributed by atoms with Crippen LogP contribution in [0.2, 0.25) is 0 Å². The number of nitrogens with one attached hydrogen (secondary N) is 1. The zero-order valence-electron chi connectivity index (χ0n) is 17.8. The summed E-state index contributed by atoms with van der Waals surface area (Å²) in [6, 6.07) is 11.8. The number of aryl methyl sites for hydroxylation is 2. The van der Waals surface area contributed by atoms with Crippen LogP contribution in [0.15, 0.2) is 42.5 Å². The van der Waals surface area contributed by atoms with Gasteiger partial charge in [-0.05, 0) is 44.0 Å². The van der Waals surface area contributed by atoms with Crippen molar-refractivity contribution >= 4 is 27.5 Å². The number of fused-ring (bicyclic) bond motifs is 1. The van der Waals surface area contributed by atoms with Crippen molar-refractivity contribution in [1.82, 2.24) is 24.9 Å². The predicted molar refractivity (Wildman–Crippen MR) is 117 cm³/mol. The van der Waals surface area contributed by atoms with E-state index in [1.807, 2.05) is 31.5 Å². The van der Waals surface area contributed by atoms with Crippen molar-refractivity contribution in [3.8, 4) is 5.69 Å². The van der Waals surface area contributed by atoms with E-state index in [4.69, 9.17) is 0 Å². The van der Waals surface area contributed by atoms with Gasteiger partial charge in [0.1, 0.15) is 4.83 Å². The summed E-state index contributed by atoms with van der Waals surface area (Å²) in [6.07, 6.45) is -4.62. The second-order valence-corrected chi connectivity index (χ2v) is 8.88. The van der Waals surface area contributed by atoms with Crippen LogP contribution in [0.5, 0.6) is 0 Å². The van der Waals surface area contributed by atoms with Gasteiger partial charge in [-0.15, -0.1) is 11.3 Å². The summed E-state index contributed by atoms with van der Waals surface area (Å²) in [5.74, 6) is -0.309. The highest BCUT2D eigenvalue weighted by Crippen LogP contribution is 2.38. The molecule has 4 rings (SSSR count). The highest BCUT2D eigenvalue weighted by molar-refractivity contribution is 7.20. The fraction of sp³-hybridized carbons (Fsp3) is 0.318. The normalized spacial score (nSPS) is 12.9. The van der Waals surface area contributed by atoms with Crippen molar-refractivity contribution in [3.05, 3.63) is 64.4 Å². The number of nitrogens with zero attached hydrogens (tertiary/aromatic N) is 4. The highest BCUT2D eigenvalue weighted by Gasteiger charge is 2.38. The van der Waals surface area contributed by atoms with Gasteiger partial charge >= 0.3 is 6.18 Å². The van der Waals surface area contributed by atoms with E-state index in [-0.39, 0.29) is 21.0 Å². The first-order valence-electron chi connectivity index (χ1n) is 10.1. The molecule has 0 saturated heterocycles. The van der Waals surface area contributed by atoms with Crippen molar-refractivity contribution < 1.29 is 18.0 Å². The molecular weight excluding hydrogens is 439 g/mol. The van der Waals surface area contributed by atoms with E-state index in [1.165, 1.54) is 10.7 Å². The number of halogens is 3. The molecule has 0 aliphatic rings. The molecule has 0 radical (unpaired) electrons. The Morgan fingerprint density at radius 3 is 2.50 bits per heavy atom. The summed E-state index contributed by atoms with van der Waals surface area (Å²) < 4.78 is 43.8. The van der Waals surface area contributed by atoms with Crippen LogP contribution in [0.3, 0.4) is 0 Å². The molecule has 1 unspecified atom stereocenters. The van der Waals surface area contributed by atoms with Crippen LogP contribution in [0.25, 0.3) is 15.9 Å². The third kappa shape index (κ3) is 4.40. The van der Waals surface area contributed by atoms with E-state index in [2.05, 4.69) is 15.5 Å². The fourth-order valence-corrected chi connectivity index (χ4v) is 4.59. The Bertz CT molecular complexity index is 1260. The van der Waals surface area contributed by atoms with Crippen molar-refractivity contribution in [1.29, 1.82) is 0 Å². The zero-order chi connectivity index (χ0) is 23.0. The third-order valence-electron chi connectivity index (χ3n) is 5.05. The molecule has 0 saturated carbocycles. The van der Waals surface area contributed by atoms with Gasteiger partial charge in [0.15, 0.2) is 5.69 Å². The van der Waals surface area contributed by atoms with Gasteiger partial charge in [-0.25, -0.2) is 4.68 Å². The molecule has 0 bridgehead atoms. The van der Waals surface area contributed by atoms with E-state index < -0.39 is 17.8 Å². The average Bonchev–Trinajstić information content (AvgIpc) is 3.39. The van der Waals surface area contributed by atoms with Crippen molar-refractivity contribution in [2.75, 3.05) is 6.54 Å². The molecule has 1 atom stereocenters. The lowest BCUT2D eigenvalue weighted by Crippen LogP contribution is -2.29. The third-order valence-corrected chi connectivity index (χ3v) is 6.16. The maximum atomic E-state index is 13.6. The Hall–Kier alpha value is -3.14. The molecule has 10 heteroatoms. The molecular formula is C22H22F3N5OS. The summed E-state index contributed by atoms with van der Waals surface area (Å²) in [7, 11) is 0. The van der Waals surface area contributed by atoms with Crippen molar-refractivity contribution in [3.63, 3.8) is 0 Å². The Balaban J connectivity index is 1.55. The minimum atomic E-state index is -4.62. The summed E-state index contributed by atoms with van der Waals surface area (Å²) in [4.78, 5) is 13.2. The minimum absolute atomic E-state index is 0.0767. The molecule has 0 aliphatic heterocycles. The summed E-state index contributed by atoms with van der Waals surface area (Å²) >= 11 is 0.996. The number of benzene rings is 1. The molecule has 1 aromatic carbocycles. The second-order valence-electron chi connectivity index (χ2n) is 7.85. The minimum Gasteiger partial charge on any atom is -0.351 e. The number of alkyl halides is 3. The van der Waals surface area contributed by atoms with Gasteiger partial charge in [0.2, 0.25) is 0 Å². The average molecular weight is 462 g/mol. The molecule has 4 aromatic rings. The molecule has 0 fully saturated rings. The van der Waals surface area contributed by atoms with Crippen LogP contribution in [-0.2, 0) is 12.7 Å². The largest absolute Gasteiger partial charge is 0.435 e. The van der Waals surface area contributed by atoms with Crippen LogP contribution in [0.1, 0.15) is 33.7 Å². The highest BCUT2D eigenvalue weighted by atomic mass is 32.1. The lowest BCUT2D eigenvalue weighted by atomic mass is 10.2. The SMILES string of the molecule is Cc1cc(C)n(CC(C)CNC(=O)c2cc3c(C(F)(F)F)nn(-c4ccccc4)c3s2)n1. The standard InChI is InChI=1S/C22H22F3N5OS/c1-13(12-29-15(3)9-14(2)27-29)11-26-20(31)18-10-17-19(22(23,24)25)28-30(21(17)32-18)16-7-5-4-6-8-16/h4-10,13H,11-12H2,1-3H3,(H,26,31). The first-order valence-corrected chi connectivity index (χ1v) is 10.9. The Morgan fingerprint density at radius 1 is 1.16 bits per heavy atom. The fourth-order valence-electron chi connectivity index (χ4n) is 3.55.